The molecule has 728 valence electrons. The van der Waals surface area contributed by atoms with Crippen LogP contribution in [0, 0.1) is 0 Å². The van der Waals surface area contributed by atoms with E-state index in [1.807, 2.05) is 0 Å². The molecule has 77 heteroatoms. The SMILES string of the molecule is FC(F)(F)C(F)(C(F)(F)F)C(F)(F)C(F)(F)C(F)(F)C(F)(F)C(F)(F)C(F)(F)CC[B-](CCC(F)(F)C(F)(F)C(F)(F)C(F)(F)C(F)(F)C(F)(F)C(F)(C(F)(F)F)C(F)(F)F)(CCC(F)(F)C(F)(F)C(F)(F)C(F)(F)C(F)(F)C(F)(F)C(F)(C(F)(F)F)C(F)(F)F)CCC(F)(F)C(F)(F)C(F)(F)C(F)(F)C(F)(F)C(F)(F)C(F)(C(F)(F)F)C(F)(F)F. The third-order valence-electron chi connectivity index (χ3n) is 17.3. The average Bonchev–Trinajstić information content (AvgIpc) is 0.695. The average molecular weight is 2000 g/mol. The Balaban J connectivity index is 10.7. The van der Waals surface area contributed by atoms with E-state index in [0.29, 0.717) is 0 Å². The highest BCUT2D eigenvalue weighted by atomic mass is 19.5. The molecule has 0 aliphatic carbocycles. The van der Waals surface area contributed by atoms with Crippen LogP contribution in [0.5, 0.6) is 0 Å². The molecule has 0 heterocycles. The second kappa shape index (κ2) is 29.4. The first-order chi connectivity index (χ1) is 50.8. The molecule has 0 aliphatic heterocycles. The van der Waals surface area contributed by atoms with Crippen LogP contribution in [0.3, 0.4) is 0 Å². The molecule has 0 radical (unpaired) electrons. The van der Waals surface area contributed by atoms with Crippen molar-refractivity contribution in [3.05, 3.63) is 0 Å². The molecule has 0 fully saturated rings. The molecule has 0 bridgehead atoms. The van der Waals surface area contributed by atoms with Gasteiger partial charge in [-0.1, -0.05) is 0 Å². The summed E-state index contributed by atoms with van der Waals surface area (Å²) in [6.45, 7) is 0. The van der Waals surface area contributed by atoms with Gasteiger partial charge in [0.1, 0.15) is 0 Å². The second-order valence-corrected chi connectivity index (χ2v) is 24.8. The van der Waals surface area contributed by atoms with Gasteiger partial charge in [-0.25, -0.2) is 17.6 Å². The zero-order valence-corrected chi connectivity index (χ0v) is 53.0. The molecular weight excluding hydrogens is 1980 g/mol. The molecule has 0 atom stereocenters. The first kappa shape index (κ1) is 116. The molecule has 0 amide bonds. The maximum absolute atomic E-state index is 15.6. The summed E-state index contributed by atoms with van der Waals surface area (Å²) < 4.78 is 1080. The lowest BCUT2D eigenvalue weighted by Gasteiger charge is -2.48. The summed E-state index contributed by atoms with van der Waals surface area (Å²) in [6.07, 6.45) is -128. The van der Waals surface area contributed by atoms with Gasteiger partial charge in [-0.05, 0) is 25.7 Å². The Morgan fingerprint density at radius 1 is 0.0992 bits per heavy atom. The molecule has 0 aliphatic rings. The molecule has 0 saturated heterocycles. The monoisotopic (exact) mass is 2000 g/mol. The highest BCUT2D eigenvalue weighted by Gasteiger charge is 3.04. The zero-order chi connectivity index (χ0) is 100. The second-order valence-electron chi connectivity index (χ2n) is 24.8. The van der Waals surface area contributed by atoms with E-state index in [0.717, 1.165) is 0 Å². The van der Waals surface area contributed by atoms with Crippen LogP contribution in [0.1, 0.15) is 25.7 Å². The van der Waals surface area contributed by atoms with Gasteiger partial charge in [-0.2, -0.15) is 341 Å². The van der Waals surface area contributed by atoms with Crippen LogP contribution in [-0.2, 0) is 0 Å². The fraction of sp³-hybridized carbons (Fsp3) is 1.00. The highest BCUT2D eigenvalue weighted by molar-refractivity contribution is 6.80. The van der Waals surface area contributed by atoms with E-state index in [-0.39, 0.29) is 0 Å². The molecule has 0 spiro atoms. The Kier molecular flexibility index (Phi) is 28.1. The van der Waals surface area contributed by atoms with E-state index >= 15 is 70.2 Å². The third kappa shape index (κ3) is 15.1. The number of halogens is 76. The van der Waals surface area contributed by atoms with Crippen LogP contribution >= 0.6 is 0 Å². The Morgan fingerprint density at radius 3 is 0.256 bits per heavy atom. The number of alkyl halides is 76. The van der Waals surface area contributed by atoms with Gasteiger partial charge in [0.25, 0.3) is 0 Å². The summed E-state index contributed by atoms with van der Waals surface area (Å²) in [5, 5.41) is 0. The summed E-state index contributed by atoms with van der Waals surface area (Å²) in [4.78, 5) is 0. The maximum Gasteiger partial charge on any atom is 0.438 e. The minimum Gasteiger partial charge on any atom is -0.216 e. The van der Waals surface area contributed by atoms with Crippen molar-refractivity contribution in [2.75, 3.05) is 0 Å². The van der Waals surface area contributed by atoms with Crippen molar-refractivity contribution in [2.45, 2.75) is 265 Å². The molecule has 0 unspecified atom stereocenters. The largest absolute Gasteiger partial charge is 0.438 e. The summed E-state index contributed by atoms with van der Waals surface area (Å²) in [5.74, 6) is -247. The number of rotatable bonds is 36. The van der Waals surface area contributed by atoms with E-state index in [9.17, 15) is 263 Å². The van der Waals surface area contributed by atoms with Crippen molar-refractivity contribution in [3.63, 3.8) is 0 Å². The van der Waals surface area contributed by atoms with E-state index in [1.165, 1.54) is 0 Å². The fourth-order valence-corrected chi connectivity index (χ4v) is 9.66. The highest BCUT2D eigenvalue weighted by Crippen LogP contribution is 2.74. The van der Waals surface area contributed by atoms with Crippen LogP contribution in [0.4, 0.5) is 334 Å². The smallest absolute Gasteiger partial charge is 0.216 e. The van der Waals surface area contributed by atoms with Gasteiger partial charge in [0.2, 0.25) is 0 Å². The quantitative estimate of drug-likeness (QED) is 0.0433. The number of hydrogen-bond acceptors (Lipinski definition) is 0. The summed E-state index contributed by atoms with van der Waals surface area (Å²) in [7, 11) is 0. The zero-order valence-electron chi connectivity index (χ0n) is 53.0. The van der Waals surface area contributed by atoms with Gasteiger partial charge >= 0.3 is 214 Å². The van der Waals surface area contributed by atoms with Crippen LogP contribution in [0.25, 0.3) is 0 Å². The Bertz CT molecular complexity index is 3030. The number of hydrogen-bond donors (Lipinski definition) is 0. The normalized spacial score (nSPS) is 17.4. The Morgan fingerprint density at radius 2 is 0.174 bits per heavy atom. The maximum atomic E-state index is 15.6. The lowest BCUT2D eigenvalue weighted by molar-refractivity contribution is -0.472. The molecule has 0 aromatic heterocycles. The molecule has 0 rings (SSSR count). The lowest BCUT2D eigenvalue weighted by Crippen LogP contribution is -2.77. The summed E-state index contributed by atoms with van der Waals surface area (Å²) >= 11 is 0. The van der Waals surface area contributed by atoms with Gasteiger partial charge < -0.3 is 0 Å². The van der Waals surface area contributed by atoms with Gasteiger partial charge in [0, 0.05) is 6.15 Å². The van der Waals surface area contributed by atoms with E-state index in [1.54, 1.807) is 0 Å². The van der Waals surface area contributed by atoms with Crippen molar-refractivity contribution in [1.29, 1.82) is 0 Å². The molecule has 0 saturated carbocycles. The van der Waals surface area contributed by atoms with E-state index < -0.39 is 271 Å². The molecule has 0 nitrogen and oxygen atoms in total. The van der Waals surface area contributed by atoms with E-state index in [4.69, 9.17) is 0 Å². The van der Waals surface area contributed by atoms with Crippen molar-refractivity contribution in [1.82, 2.24) is 0 Å². The summed E-state index contributed by atoms with van der Waals surface area (Å²) in [5.41, 5.74) is -39.8. The predicted octanol–water partition coefficient (Wildman–Crippen LogP) is 27.6. The summed E-state index contributed by atoms with van der Waals surface area (Å²) in [6, 6.07) is 0. The van der Waals surface area contributed by atoms with Gasteiger partial charge in [0.15, 0.2) is 0 Å². The van der Waals surface area contributed by atoms with Crippen LogP contribution in [0.15, 0.2) is 0 Å². The van der Waals surface area contributed by atoms with Gasteiger partial charge in [-0.15, -0.1) is 0 Å². The van der Waals surface area contributed by atoms with Crippen LogP contribution in [0.2, 0.25) is 25.3 Å². The van der Waals surface area contributed by atoms with Crippen molar-refractivity contribution < 1.29 is 334 Å². The van der Waals surface area contributed by atoms with Gasteiger partial charge in [-0.3, -0.25) is 0 Å². The van der Waals surface area contributed by atoms with Crippen LogP contribution < -0.4 is 0 Å². The predicted molar refractivity (Wildman–Crippen MR) is 226 cm³/mol. The molecule has 0 aromatic rings. The topological polar surface area (TPSA) is 0 Å². The van der Waals surface area contributed by atoms with Crippen molar-refractivity contribution in [3.8, 4) is 0 Å². The first-order valence-electron chi connectivity index (χ1n) is 27.4. The minimum absolute atomic E-state index is 5.41. The van der Waals surface area contributed by atoms with Gasteiger partial charge in [0.05, 0.1) is 0 Å². The Hall–Kier alpha value is -5.26. The van der Waals surface area contributed by atoms with Crippen molar-refractivity contribution >= 4 is 6.15 Å². The third-order valence-corrected chi connectivity index (χ3v) is 17.3. The minimum atomic E-state index is -10.6. The molecule has 0 N–H and O–H groups in total. The molecule has 121 heavy (non-hydrogen) atoms. The van der Waals surface area contributed by atoms with Crippen molar-refractivity contribution in [2.24, 2.45) is 0 Å². The lowest BCUT2D eigenvalue weighted by atomic mass is 9.17. The molecule has 0 aromatic carbocycles. The van der Waals surface area contributed by atoms with E-state index in [2.05, 4.69) is 0 Å². The fourth-order valence-electron chi connectivity index (χ4n) is 9.66. The standard InChI is InChI=1S/C44H16BF76/c46-9(47,17(58,59)25(74,75)33(90,91)29(82,83)21(66,67)13(54,37(98,99)100)38(101,102)103)1-5-45(6-2-10(48,49)18(60,61)26(76,77)34(92,93)30(84,85)22(68,69)14(55,39(104,105)106)40(107,108)109,7-3-11(50,51)19(62,63)27(78,79)35(94,95)31(86,87)23(70,71)15(56,41(110,111)112)42(113,114)115)8-4-12(52,53)20(64,65)28(80,81)36(96,97)32(88,89)24(72,73)16(57,43(116,117)118)44(119,120)121/h1-8H2/q-1. The Labute approximate surface area is 606 Å². The van der Waals surface area contributed by atoms with Crippen LogP contribution in [-0.4, -0.2) is 220 Å². The molecular formula is C44H16BF76-. The first-order valence-corrected chi connectivity index (χ1v) is 27.4.